The minimum absolute atomic E-state index is 0.273. The van der Waals surface area contributed by atoms with Crippen LogP contribution in [0, 0.1) is 0 Å². The van der Waals surface area contributed by atoms with Gasteiger partial charge in [-0.2, -0.15) is 13.2 Å². The van der Waals surface area contributed by atoms with Crippen LogP contribution < -0.4 is 5.32 Å². The van der Waals surface area contributed by atoms with Crippen molar-refractivity contribution in [2.45, 2.75) is 19.3 Å². The van der Waals surface area contributed by atoms with Crippen LogP contribution in [0.15, 0.2) is 35.7 Å². The molecular weight excluding hydrogens is 303 g/mol. The number of hydrogen-bond acceptors (Lipinski definition) is 3. The van der Waals surface area contributed by atoms with E-state index in [-0.39, 0.29) is 4.88 Å². The van der Waals surface area contributed by atoms with E-state index in [9.17, 15) is 18.0 Å². The van der Waals surface area contributed by atoms with Crippen molar-refractivity contribution in [1.29, 1.82) is 0 Å². The number of carboxylic acid groups (broad SMARTS) is 1. The third-order valence-corrected chi connectivity index (χ3v) is 3.81. The lowest BCUT2D eigenvalue weighted by Crippen LogP contribution is -2.14. The van der Waals surface area contributed by atoms with Crippen LogP contribution in [0.1, 0.15) is 26.4 Å². The van der Waals surface area contributed by atoms with Crippen molar-refractivity contribution in [2.75, 3.05) is 0 Å². The number of hydrogen-bond donors (Lipinski definition) is 2. The second kappa shape index (κ2) is 6.28. The number of benzene rings is 1. The van der Waals surface area contributed by atoms with Gasteiger partial charge < -0.3 is 10.4 Å². The van der Waals surface area contributed by atoms with Crippen LogP contribution in [-0.2, 0) is 19.3 Å². The van der Waals surface area contributed by atoms with Crippen LogP contribution in [0.5, 0.6) is 0 Å². The molecule has 3 nitrogen and oxygen atoms in total. The molecule has 7 heteroatoms. The van der Waals surface area contributed by atoms with Gasteiger partial charge in [0.05, 0.1) is 5.56 Å². The quantitative estimate of drug-likeness (QED) is 0.883. The Morgan fingerprint density at radius 2 is 1.81 bits per heavy atom. The highest BCUT2D eigenvalue weighted by Crippen LogP contribution is 2.29. The highest BCUT2D eigenvalue weighted by molar-refractivity contribution is 7.12. The predicted octanol–water partition coefficient (Wildman–Crippen LogP) is 3.75. The van der Waals surface area contributed by atoms with E-state index in [2.05, 4.69) is 5.32 Å². The third kappa shape index (κ3) is 4.05. The molecule has 0 radical (unpaired) electrons. The Kier molecular flexibility index (Phi) is 4.64. The fourth-order valence-electron chi connectivity index (χ4n) is 1.82. The molecule has 0 fully saturated rings. The van der Waals surface area contributed by atoms with E-state index in [0.29, 0.717) is 24.2 Å². The summed E-state index contributed by atoms with van der Waals surface area (Å²) in [5, 5.41) is 13.7. The molecule has 0 aliphatic carbocycles. The van der Waals surface area contributed by atoms with Gasteiger partial charge in [0.25, 0.3) is 0 Å². The molecular formula is C14H12F3NO2S. The highest BCUT2D eigenvalue weighted by atomic mass is 32.1. The van der Waals surface area contributed by atoms with E-state index >= 15 is 0 Å². The van der Waals surface area contributed by atoms with Crippen molar-refractivity contribution in [3.05, 3.63) is 57.3 Å². The van der Waals surface area contributed by atoms with E-state index < -0.39 is 17.7 Å². The first kappa shape index (κ1) is 15.5. The number of nitrogens with one attached hydrogen (secondary N) is 1. The van der Waals surface area contributed by atoms with E-state index in [0.717, 1.165) is 23.5 Å². The van der Waals surface area contributed by atoms with Gasteiger partial charge in [-0.15, -0.1) is 11.3 Å². The molecule has 112 valence electrons. The first-order valence-corrected chi connectivity index (χ1v) is 6.92. The molecule has 0 aliphatic rings. The summed E-state index contributed by atoms with van der Waals surface area (Å²) in [6.45, 7) is 0.721. The van der Waals surface area contributed by atoms with Crippen molar-refractivity contribution in [1.82, 2.24) is 5.32 Å². The molecule has 1 heterocycles. The predicted molar refractivity (Wildman–Crippen MR) is 73.3 cm³/mol. The zero-order chi connectivity index (χ0) is 15.5. The topological polar surface area (TPSA) is 49.3 Å². The minimum atomic E-state index is -4.33. The second-order valence-corrected chi connectivity index (χ2v) is 5.29. The Morgan fingerprint density at radius 3 is 2.38 bits per heavy atom. The fraction of sp³-hybridized carbons (Fsp3) is 0.214. The fourth-order valence-corrected chi connectivity index (χ4v) is 2.58. The van der Waals surface area contributed by atoms with Gasteiger partial charge >= 0.3 is 12.1 Å². The minimum Gasteiger partial charge on any atom is -0.477 e. The lowest BCUT2D eigenvalue weighted by Gasteiger charge is -2.08. The lowest BCUT2D eigenvalue weighted by molar-refractivity contribution is -0.137. The molecule has 2 rings (SSSR count). The first-order valence-electron chi connectivity index (χ1n) is 6.04. The SMILES string of the molecule is O=C(O)c1sccc1CNCc1ccc(C(F)(F)F)cc1. The van der Waals surface area contributed by atoms with E-state index in [1.807, 2.05) is 0 Å². The van der Waals surface area contributed by atoms with Crippen LogP contribution in [-0.4, -0.2) is 11.1 Å². The summed E-state index contributed by atoms with van der Waals surface area (Å²) in [6, 6.07) is 6.59. The van der Waals surface area contributed by atoms with Crippen LogP contribution in [0.25, 0.3) is 0 Å². The molecule has 0 amide bonds. The van der Waals surface area contributed by atoms with Gasteiger partial charge in [0.15, 0.2) is 0 Å². The molecule has 0 bridgehead atoms. The third-order valence-electron chi connectivity index (χ3n) is 2.87. The summed E-state index contributed by atoms with van der Waals surface area (Å²) in [5.41, 5.74) is 0.687. The van der Waals surface area contributed by atoms with Crippen LogP contribution in [0.2, 0.25) is 0 Å². The molecule has 0 aliphatic heterocycles. The average molecular weight is 315 g/mol. The van der Waals surface area contributed by atoms with Crippen molar-refractivity contribution < 1.29 is 23.1 Å². The summed E-state index contributed by atoms with van der Waals surface area (Å²) in [6.07, 6.45) is -4.33. The maximum atomic E-state index is 12.4. The number of rotatable bonds is 5. The molecule has 2 aromatic rings. The van der Waals surface area contributed by atoms with Crippen molar-refractivity contribution >= 4 is 17.3 Å². The number of thiophene rings is 1. The molecule has 0 saturated carbocycles. The van der Waals surface area contributed by atoms with Crippen molar-refractivity contribution in [3.8, 4) is 0 Å². The van der Waals surface area contributed by atoms with Gasteiger partial charge in [-0.25, -0.2) is 4.79 Å². The molecule has 1 aromatic carbocycles. The summed E-state index contributed by atoms with van der Waals surface area (Å²) < 4.78 is 37.2. The van der Waals surface area contributed by atoms with E-state index in [4.69, 9.17) is 5.11 Å². The number of aromatic carboxylic acids is 1. The van der Waals surface area contributed by atoms with Gasteiger partial charge in [-0.3, -0.25) is 0 Å². The molecule has 0 unspecified atom stereocenters. The van der Waals surface area contributed by atoms with Gasteiger partial charge in [-0.05, 0) is 34.7 Å². The molecule has 1 aromatic heterocycles. The molecule has 0 saturated heterocycles. The van der Waals surface area contributed by atoms with E-state index in [1.165, 1.54) is 12.1 Å². The van der Waals surface area contributed by atoms with E-state index in [1.54, 1.807) is 11.4 Å². The summed E-state index contributed by atoms with van der Waals surface area (Å²) >= 11 is 1.14. The summed E-state index contributed by atoms with van der Waals surface area (Å²) in [7, 11) is 0. The van der Waals surface area contributed by atoms with Crippen LogP contribution in [0.3, 0.4) is 0 Å². The molecule has 21 heavy (non-hydrogen) atoms. The highest BCUT2D eigenvalue weighted by Gasteiger charge is 2.29. The Balaban J connectivity index is 1.92. The standard InChI is InChI=1S/C14H12F3NO2S/c15-14(16,17)11-3-1-9(2-4-11)7-18-8-10-5-6-21-12(10)13(19)20/h1-6,18H,7-8H2,(H,19,20). The summed E-state index contributed by atoms with van der Waals surface area (Å²) in [5.74, 6) is -0.976. The Labute approximate surface area is 123 Å². The second-order valence-electron chi connectivity index (χ2n) is 4.38. The van der Waals surface area contributed by atoms with Gasteiger partial charge in [0.1, 0.15) is 4.88 Å². The largest absolute Gasteiger partial charge is 0.477 e. The van der Waals surface area contributed by atoms with Gasteiger partial charge in [0.2, 0.25) is 0 Å². The van der Waals surface area contributed by atoms with Crippen molar-refractivity contribution in [2.24, 2.45) is 0 Å². The smallest absolute Gasteiger partial charge is 0.416 e. The maximum Gasteiger partial charge on any atom is 0.416 e. The first-order chi connectivity index (χ1) is 9.88. The molecule has 2 N–H and O–H groups in total. The zero-order valence-electron chi connectivity index (χ0n) is 10.8. The Hall–Kier alpha value is -1.86. The maximum absolute atomic E-state index is 12.4. The van der Waals surface area contributed by atoms with Gasteiger partial charge in [0, 0.05) is 13.1 Å². The monoisotopic (exact) mass is 315 g/mol. The Morgan fingerprint density at radius 1 is 1.14 bits per heavy atom. The Bertz CT molecular complexity index is 620. The van der Waals surface area contributed by atoms with Crippen LogP contribution >= 0.6 is 11.3 Å². The summed E-state index contributed by atoms with van der Waals surface area (Å²) in [4.78, 5) is 11.2. The molecule has 0 spiro atoms. The number of halogens is 3. The van der Waals surface area contributed by atoms with Crippen LogP contribution in [0.4, 0.5) is 13.2 Å². The normalized spacial score (nSPS) is 11.6. The lowest BCUT2D eigenvalue weighted by atomic mass is 10.1. The van der Waals surface area contributed by atoms with Gasteiger partial charge in [-0.1, -0.05) is 12.1 Å². The average Bonchev–Trinajstić information content (AvgIpc) is 2.87. The number of alkyl halides is 3. The van der Waals surface area contributed by atoms with Crippen molar-refractivity contribution in [3.63, 3.8) is 0 Å². The number of carbonyl (C=O) groups is 1. The number of carboxylic acids is 1. The molecule has 0 atom stereocenters. The zero-order valence-corrected chi connectivity index (χ0v) is 11.6.